The Morgan fingerprint density at radius 1 is 1.33 bits per heavy atom. The van der Waals surface area contributed by atoms with Crippen molar-refractivity contribution in [1.29, 1.82) is 0 Å². The van der Waals surface area contributed by atoms with Crippen molar-refractivity contribution < 1.29 is 9.53 Å². The summed E-state index contributed by atoms with van der Waals surface area (Å²) in [6.07, 6.45) is 4.74. The van der Waals surface area contributed by atoms with Crippen molar-refractivity contribution in [3.8, 4) is 0 Å². The molecular weight excluding hydrogens is 190 g/mol. The Kier molecular flexibility index (Phi) is 4.58. The third kappa shape index (κ3) is 3.49. The number of carbonyl (C=O) groups is 1. The monoisotopic (exact) mass is 213 g/mol. The summed E-state index contributed by atoms with van der Waals surface area (Å²) in [6, 6.07) is -0.128. The summed E-state index contributed by atoms with van der Waals surface area (Å²) >= 11 is 0. The van der Waals surface area contributed by atoms with Crippen LogP contribution in [0.5, 0.6) is 0 Å². The largest absolute Gasteiger partial charge is 0.462 e. The molecule has 15 heavy (non-hydrogen) atoms. The SMILES string of the molecule is CC(N)C(C)C(=O)OC1CCCCC1C. The normalized spacial score (nSPS) is 30.7. The first-order valence-corrected chi connectivity index (χ1v) is 5.98. The highest BCUT2D eigenvalue weighted by molar-refractivity contribution is 5.73. The van der Waals surface area contributed by atoms with Crippen LogP contribution >= 0.6 is 0 Å². The number of ether oxygens (including phenoxy) is 1. The van der Waals surface area contributed by atoms with Crippen LogP contribution in [0.2, 0.25) is 0 Å². The molecule has 1 aliphatic carbocycles. The smallest absolute Gasteiger partial charge is 0.310 e. The van der Waals surface area contributed by atoms with Crippen molar-refractivity contribution in [2.24, 2.45) is 17.6 Å². The molecule has 0 heterocycles. The van der Waals surface area contributed by atoms with E-state index in [0.29, 0.717) is 5.92 Å². The van der Waals surface area contributed by atoms with E-state index in [9.17, 15) is 4.79 Å². The molecule has 1 saturated carbocycles. The zero-order valence-corrected chi connectivity index (χ0v) is 10.0. The molecule has 4 unspecified atom stereocenters. The molecule has 0 radical (unpaired) electrons. The van der Waals surface area contributed by atoms with Gasteiger partial charge in [0.2, 0.25) is 0 Å². The second kappa shape index (κ2) is 5.50. The minimum absolute atomic E-state index is 0.118. The van der Waals surface area contributed by atoms with Crippen molar-refractivity contribution in [3.63, 3.8) is 0 Å². The number of nitrogens with two attached hydrogens (primary N) is 1. The Hall–Kier alpha value is -0.570. The van der Waals surface area contributed by atoms with Gasteiger partial charge >= 0.3 is 5.97 Å². The topological polar surface area (TPSA) is 52.3 Å². The van der Waals surface area contributed by atoms with Crippen LogP contribution in [-0.4, -0.2) is 18.1 Å². The minimum atomic E-state index is -0.195. The quantitative estimate of drug-likeness (QED) is 0.730. The van der Waals surface area contributed by atoms with Crippen LogP contribution in [0.15, 0.2) is 0 Å². The number of hydrogen-bond acceptors (Lipinski definition) is 3. The van der Waals surface area contributed by atoms with E-state index in [4.69, 9.17) is 10.5 Å². The first kappa shape index (κ1) is 12.5. The van der Waals surface area contributed by atoms with Gasteiger partial charge in [-0.25, -0.2) is 0 Å². The third-order valence-corrected chi connectivity index (χ3v) is 3.46. The summed E-state index contributed by atoms with van der Waals surface area (Å²) in [5, 5.41) is 0. The summed E-state index contributed by atoms with van der Waals surface area (Å²) in [4.78, 5) is 11.7. The Morgan fingerprint density at radius 3 is 2.47 bits per heavy atom. The highest BCUT2D eigenvalue weighted by Gasteiger charge is 2.27. The maximum Gasteiger partial charge on any atom is 0.310 e. The van der Waals surface area contributed by atoms with Gasteiger partial charge in [0, 0.05) is 6.04 Å². The molecule has 1 fully saturated rings. The van der Waals surface area contributed by atoms with Crippen LogP contribution in [0.25, 0.3) is 0 Å². The molecule has 0 amide bonds. The molecule has 1 rings (SSSR count). The van der Waals surface area contributed by atoms with Crippen LogP contribution in [0.3, 0.4) is 0 Å². The lowest BCUT2D eigenvalue weighted by molar-refractivity contribution is -0.158. The number of esters is 1. The lowest BCUT2D eigenvalue weighted by Crippen LogP contribution is -2.36. The molecule has 0 aromatic carbocycles. The van der Waals surface area contributed by atoms with Crippen molar-refractivity contribution in [2.75, 3.05) is 0 Å². The average molecular weight is 213 g/mol. The van der Waals surface area contributed by atoms with Crippen LogP contribution < -0.4 is 5.73 Å². The fourth-order valence-electron chi connectivity index (χ4n) is 1.93. The fraction of sp³-hybridized carbons (Fsp3) is 0.917. The predicted molar refractivity (Wildman–Crippen MR) is 60.3 cm³/mol. The van der Waals surface area contributed by atoms with Crippen molar-refractivity contribution in [1.82, 2.24) is 0 Å². The number of rotatable bonds is 3. The van der Waals surface area contributed by atoms with Crippen LogP contribution in [-0.2, 0) is 9.53 Å². The second-order valence-electron chi connectivity index (χ2n) is 4.88. The van der Waals surface area contributed by atoms with Gasteiger partial charge in [-0.15, -0.1) is 0 Å². The Morgan fingerprint density at radius 2 is 1.93 bits per heavy atom. The molecule has 3 heteroatoms. The summed E-state index contributed by atoms with van der Waals surface area (Å²) in [5.74, 6) is 0.172. The maximum atomic E-state index is 11.7. The summed E-state index contributed by atoms with van der Waals surface area (Å²) in [6.45, 7) is 5.84. The molecule has 1 aliphatic rings. The standard InChI is InChI=1S/C12H23NO2/c1-8-6-4-5-7-11(8)15-12(14)9(2)10(3)13/h8-11H,4-7,13H2,1-3H3. The van der Waals surface area contributed by atoms with E-state index in [1.54, 1.807) is 0 Å². The van der Waals surface area contributed by atoms with E-state index in [2.05, 4.69) is 6.92 Å². The van der Waals surface area contributed by atoms with E-state index in [1.807, 2.05) is 13.8 Å². The van der Waals surface area contributed by atoms with Gasteiger partial charge in [0.15, 0.2) is 0 Å². The molecule has 4 atom stereocenters. The average Bonchev–Trinajstić information content (AvgIpc) is 2.20. The highest BCUT2D eigenvalue weighted by atomic mass is 16.5. The van der Waals surface area contributed by atoms with Crippen molar-refractivity contribution in [2.45, 2.75) is 58.6 Å². The van der Waals surface area contributed by atoms with Gasteiger partial charge in [0.25, 0.3) is 0 Å². The van der Waals surface area contributed by atoms with Crippen LogP contribution in [0.1, 0.15) is 46.5 Å². The minimum Gasteiger partial charge on any atom is -0.462 e. The van der Waals surface area contributed by atoms with E-state index >= 15 is 0 Å². The predicted octanol–water partition coefficient (Wildman–Crippen LogP) is 2.09. The first-order valence-electron chi connectivity index (χ1n) is 5.98. The Balaban J connectivity index is 2.42. The molecule has 0 aromatic heterocycles. The molecule has 2 N–H and O–H groups in total. The summed E-state index contributed by atoms with van der Waals surface area (Å²) in [5.41, 5.74) is 5.68. The molecule has 88 valence electrons. The third-order valence-electron chi connectivity index (χ3n) is 3.46. The van der Waals surface area contributed by atoms with Crippen molar-refractivity contribution in [3.05, 3.63) is 0 Å². The molecule has 0 aromatic rings. The maximum absolute atomic E-state index is 11.7. The Labute approximate surface area is 92.4 Å². The van der Waals surface area contributed by atoms with E-state index < -0.39 is 0 Å². The number of carbonyl (C=O) groups excluding carboxylic acids is 1. The molecule has 3 nitrogen and oxygen atoms in total. The molecule has 0 bridgehead atoms. The second-order valence-corrected chi connectivity index (χ2v) is 4.88. The lowest BCUT2D eigenvalue weighted by Gasteiger charge is -2.29. The fourth-order valence-corrected chi connectivity index (χ4v) is 1.93. The van der Waals surface area contributed by atoms with Gasteiger partial charge in [-0.1, -0.05) is 20.3 Å². The molecule has 0 aliphatic heterocycles. The zero-order valence-electron chi connectivity index (χ0n) is 10.0. The summed E-state index contributed by atoms with van der Waals surface area (Å²) < 4.78 is 5.51. The van der Waals surface area contributed by atoms with E-state index in [-0.39, 0.29) is 24.0 Å². The van der Waals surface area contributed by atoms with E-state index in [1.165, 1.54) is 19.3 Å². The van der Waals surface area contributed by atoms with Gasteiger partial charge in [-0.3, -0.25) is 4.79 Å². The van der Waals surface area contributed by atoms with Gasteiger partial charge in [-0.05, 0) is 32.1 Å². The zero-order chi connectivity index (χ0) is 11.4. The Bertz CT molecular complexity index is 216. The number of hydrogen-bond donors (Lipinski definition) is 1. The first-order chi connectivity index (χ1) is 7.02. The molecule has 0 spiro atoms. The van der Waals surface area contributed by atoms with E-state index in [0.717, 1.165) is 6.42 Å². The molecular formula is C12H23NO2. The van der Waals surface area contributed by atoms with Crippen LogP contribution in [0, 0.1) is 11.8 Å². The van der Waals surface area contributed by atoms with Gasteiger partial charge in [-0.2, -0.15) is 0 Å². The highest BCUT2D eigenvalue weighted by Crippen LogP contribution is 2.27. The molecule has 0 saturated heterocycles. The lowest BCUT2D eigenvalue weighted by atomic mass is 9.88. The van der Waals surface area contributed by atoms with Gasteiger partial charge < -0.3 is 10.5 Å². The van der Waals surface area contributed by atoms with Gasteiger partial charge in [0.05, 0.1) is 5.92 Å². The van der Waals surface area contributed by atoms with Crippen molar-refractivity contribution >= 4 is 5.97 Å². The van der Waals surface area contributed by atoms with Crippen LogP contribution in [0.4, 0.5) is 0 Å². The summed E-state index contributed by atoms with van der Waals surface area (Å²) in [7, 11) is 0. The van der Waals surface area contributed by atoms with Gasteiger partial charge in [0.1, 0.15) is 6.10 Å².